The van der Waals surface area contributed by atoms with Gasteiger partial charge in [-0.05, 0) is 24.1 Å². The zero-order chi connectivity index (χ0) is 16.1. The standard InChI is InChI=1S/C18H20N4O/c1-2-3-11-23-17-16-15(21-18(19)22-17)10-9-14(20-16)12-13-7-5-4-6-8-13/h4-10H,2-3,11-12H2,1H3,(H2,19,21,22). The first-order valence-corrected chi connectivity index (χ1v) is 7.86. The summed E-state index contributed by atoms with van der Waals surface area (Å²) >= 11 is 0. The number of aromatic nitrogens is 3. The van der Waals surface area contributed by atoms with Gasteiger partial charge in [-0.25, -0.2) is 9.97 Å². The third-order valence-electron chi connectivity index (χ3n) is 3.55. The Morgan fingerprint density at radius 1 is 1.00 bits per heavy atom. The minimum absolute atomic E-state index is 0.210. The van der Waals surface area contributed by atoms with Crippen LogP contribution in [0.1, 0.15) is 31.0 Å². The van der Waals surface area contributed by atoms with Crippen LogP contribution in [-0.2, 0) is 6.42 Å². The van der Waals surface area contributed by atoms with Crippen molar-refractivity contribution in [1.29, 1.82) is 0 Å². The van der Waals surface area contributed by atoms with Gasteiger partial charge >= 0.3 is 0 Å². The molecule has 0 saturated carbocycles. The first kappa shape index (κ1) is 15.2. The summed E-state index contributed by atoms with van der Waals surface area (Å²) in [6.07, 6.45) is 2.79. The summed E-state index contributed by atoms with van der Waals surface area (Å²) in [6.45, 7) is 2.72. The van der Waals surface area contributed by atoms with Gasteiger partial charge in [0.1, 0.15) is 0 Å². The third kappa shape index (κ3) is 3.74. The van der Waals surface area contributed by atoms with Crippen molar-refractivity contribution in [1.82, 2.24) is 15.0 Å². The van der Waals surface area contributed by atoms with E-state index < -0.39 is 0 Å². The molecule has 0 spiro atoms. The van der Waals surface area contributed by atoms with Gasteiger partial charge in [0.05, 0.1) is 12.1 Å². The number of unbranched alkanes of at least 4 members (excludes halogenated alkanes) is 1. The Morgan fingerprint density at radius 3 is 2.61 bits per heavy atom. The van der Waals surface area contributed by atoms with Gasteiger partial charge in [-0.15, -0.1) is 0 Å². The van der Waals surface area contributed by atoms with E-state index in [0.717, 1.165) is 25.0 Å². The van der Waals surface area contributed by atoms with Gasteiger partial charge in [-0.1, -0.05) is 43.7 Å². The first-order chi connectivity index (χ1) is 11.3. The number of ether oxygens (including phenoxy) is 1. The normalized spacial score (nSPS) is 10.8. The van der Waals surface area contributed by atoms with Gasteiger partial charge in [0.15, 0.2) is 5.52 Å². The van der Waals surface area contributed by atoms with Crippen LogP contribution in [0.4, 0.5) is 5.95 Å². The van der Waals surface area contributed by atoms with Gasteiger partial charge < -0.3 is 10.5 Å². The largest absolute Gasteiger partial charge is 0.476 e. The molecule has 0 aliphatic heterocycles. The summed E-state index contributed by atoms with van der Waals surface area (Å²) in [4.78, 5) is 13.1. The fourth-order valence-corrected chi connectivity index (χ4v) is 2.36. The molecule has 0 radical (unpaired) electrons. The summed E-state index contributed by atoms with van der Waals surface area (Å²) in [6, 6.07) is 14.1. The summed E-state index contributed by atoms with van der Waals surface area (Å²) < 4.78 is 5.75. The Labute approximate surface area is 135 Å². The quantitative estimate of drug-likeness (QED) is 0.707. The van der Waals surface area contributed by atoms with Crippen molar-refractivity contribution in [3.8, 4) is 5.88 Å². The maximum absolute atomic E-state index is 5.76. The molecule has 3 rings (SSSR count). The molecule has 0 aliphatic rings. The van der Waals surface area contributed by atoms with E-state index in [1.165, 1.54) is 5.56 Å². The number of fused-ring (bicyclic) bond motifs is 1. The van der Waals surface area contributed by atoms with Crippen molar-refractivity contribution in [3.05, 3.63) is 53.7 Å². The predicted molar refractivity (Wildman–Crippen MR) is 91.4 cm³/mol. The van der Waals surface area contributed by atoms with Crippen molar-refractivity contribution in [2.75, 3.05) is 12.3 Å². The highest BCUT2D eigenvalue weighted by Gasteiger charge is 2.10. The van der Waals surface area contributed by atoms with Crippen LogP contribution in [0.2, 0.25) is 0 Å². The molecule has 2 aromatic heterocycles. The molecule has 118 valence electrons. The highest BCUT2D eigenvalue weighted by atomic mass is 16.5. The molecular weight excluding hydrogens is 288 g/mol. The van der Waals surface area contributed by atoms with Crippen LogP contribution in [0.25, 0.3) is 11.0 Å². The van der Waals surface area contributed by atoms with Crippen LogP contribution in [0.15, 0.2) is 42.5 Å². The number of hydrogen-bond donors (Lipinski definition) is 1. The number of hydrogen-bond acceptors (Lipinski definition) is 5. The number of nitrogen functional groups attached to an aromatic ring is 1. The van der Waals surface area contributed by atoms with Crippen LogP contribution in [0, 0.1) is 0 Å². The second-order valence-electron chi connectivity index (χ2n) is 5.42. The lowest BCUT2D eigenvalue weighted by Gasteiger charge is -2.09. The van der Waals surface area contributed by atoms with Crippen molar-refractivity contribution in [2.45, 2.75) is 26.2 Å². The number of benzene rings is 1. The molecule has 2 N–H and O–H groups in total. The number of nitrogens with zero attached hydrogens (tertiary/aromatic N) is 3. The molecule has 0 aliphatic carbocycles. The predicted octanol–water partition coefficient (Wildman–Crippen LogP) is 3.38. The van der Waals surface area contributed by atoms with E-state index in [9.17, 15) is 0 Å². The number of nitrogens with two attached hydrogens (primary N) is 1. The van der Waals surface area contributed by atoms with Crippen LogP contribution >= 0.6 is 0 Å². The Kier molecular flexibility index (Phi) is 4.66. The van der Waals surface area contributed by atoms with E-state index in [2.05, 4.69) is 34.0 Å². The fourth-order valence-electron chi connectivity index (χ4n) is 2.36. The van der Waals surface area contributed by atoms with Crippen molar-refractivity contribution in [3.63, 3.8) is 0 Å². The Bertz CT molecular complexity index is 790. The van der Waals surface area contributed by atoms with Crippen molar-refractivity contribution >= 4 is 17.0 Å². The van der Waals surface area contributed by atoms with E-state index in [0.29, 0.717) is 23.5 Å². The monoisotopic (exact) mass is 308 g/mol. The molecule has 0 atom stereocenters. The lowest BCUT2D eigenvalue weighted by molar-refractivity contribution is 0.301. The summed E-state index contributed by atoms with van der Waals surface area (Å²) in [5, 5.41) is 0. The average Bonchev–Trinajstić information content (AvgIpc) is 2.56. The molecule has 0 amide bonds. The van der Waals surface area contributed by atoms with Gasteiger partial charge in [-0.3, -0.25) is 0 Å². The first-order valence-electron chi connectivity index (χ1n) is 7.86. The molecule has 0 bridgehead atoms. The molecule has 23 heavy (non-hydrogen) atoms. The number of pyridine rings is 1. The van der Waals surface area contributed by atoms with Crippen molar-refractivity contribution < 1.29 is 4.74 Å². The van der Waals surface area contributed by atoms with Gasteiger partial charge in [0.25, 0.3) is 0 Å². The summed E-state index contributed by atoms with van der Waals surface area (Å²) in [7, 11) is 0. The van der Waals surface area contributed by atoms with Crippen LogP contribution in [0.3, 0.4) is 0 Å². The van der Waals surface area contributed by atoms with Gasteiger partial charge in [0.2, 0.25) is 11.8 Å². The number of anilines is 1. The Morgan fingerprint density at radius 2 is 1.83 bits per heavy atom. The molecule has 5 heteroatoms. The van der Waals surface area contributed by atoms with Crippen LogP contribution < -0.4 is 10.5 Å². The summed E-state index contributed by atoms with van der Waals surface area (Å²) in [5.74, 6) is 0.678. The maximum atomic E-state index is 5.76. The average molecular weight is 308 g/mol. The minimum Gasteiger partial charge on any atom is -0.476 e. The van der Waals surface area contributed by atoms with E-state index >= 15 is 0 Å². The highest BCUT2D eigenvalue weighted by Crippen LogP contribution is 2.22. The van der Waals surface area contributed by atoms with E-state index in [4.69, 9.17) is 10.5 Å². The van der Waals surface area contributed by atoms with Gasteiger partial charge in [0, 0.05) is 12.1 Å². The fraction of sp³-hybridized carbons (Fsp3) is 0.278. The molecular formula is C18H20N4O. The van der Waals surface area contributed by atoms with Crippen LogP contribution in [-0.4, -0.2) is 21.6 Å². The Balaban J connectivity index is 1.93. The molecule has 1 aromatic carbocycles. The van der Waals surface area contributed by atoms with E-state index in [-0.39, 0.29) is 5.95 Å². The minimum atomic E-state index is 0.210. The zero-order valence-corrected chi connectivity index (χ0v) is 13.2. The second-order valence-corrected chi connectivity index (χ2v) is 5.42. The third-order valence-corrected chi connectivity index (χ3v) is 3.55. The maximum Gasteiger partial charge on any atom is 0.245 e. The molecule has 0 unspecified atom stereocenters. The topological polar surface area (TPSA) is 73.9 Å². The second kappa shape index (κ2) is 7.05. The lowest BCUT2D eigenvalue weighted by atomic mass is 10.1. The van der Waals surface area contributed by atoms with E-state index in [1.54, 1.807) is 0 Å². The van der Waals surface area contributed by atoms with E-state index in [1.807, 2.05) is 30.3 Å². The number of rotatable bonds is 6. The SMILES string of the molecule is CCCCOc1nc(N)nc2ccc(Cc3ccccc3)nc12. The molecule has 0 saturated heterocycles. The molecule has 5 nitrogen and oxygen atoms in total. The summed E-state index contributed by atoms with van der Waals surface area (Å²) in [5.41, 5.74) is 9.31. The molecule has 3 aromatic rings. The lowest BCUT2D eigenvalue weighted by Crippen LogP contribution is -2.05. The molecule has 0 fully saturated rings. The van der Waals surface area contributed by atoms with Crippen LogP contribution in [0.5, 0.6) is 5.88 Å². The highest BCUT2D eigenvalue weighted by molar-refractivity contribution is 5.80. The smallest absolute Gasteiger partial charge is 0.245 e. The molecule has 2 heterocycles. The Hall–Kier alpha value is -2.69. The van der Waals surface area contributed by atoms with Crippen molar-refractivity contribution in [2.24, 2.45) is 0 Å². The zero-order valence-electron chi connectivity index (χ0n) is 13.2. The van der Waals surface area contributed by atoms with Gasteiger partial charge in [-0.2, -0.15) is 4.98 Å².